The first-order chi connectivity index (χ1) is 7.84. The first kappa shape index (κ1) is 9.78. The van der Waals surface area contributed by atoms with Crippen LogP contribution in [0.15, 0.2) is 18.3 Å². The highest BCUT2D eigenvalue weighted by atomic mass is 15.3. The fraction of sp³-hybridized carbons (Fsp3) is 0.500. The van der Waals surface area contributed by atoms with Crippen LogP contribution in [0.25, 0.3) is 5.65 Å². The molecular formula is C12H16N4. The zero-order valence-electron chi connectivity index (χ0n) is 9.48. The lowest BCUT2D eigenvalue weighted by Gasteiger charge is -2.21. The first-order valence-electron chi connectivity index (χ1n) is 5.86. The number of nitrogens with zero attached hydrogens (tertiary/aromatic N) is 3. The van der Waals surface area contributed by atoms with Crippen LogP contribution in [0, 0.1) is 6.92 Å². The molecule has 0 atom stereocenters. The van der Waals surface area contributed by atoms with Gasteiger partial charge in [-0.2, -0.15) is 5.10 Å². The Bertz CT molecular complexity index is 497. The third-order valence-corrected chi connectivity index (χ3v) is 3.28. The number of aryl methyl sites for hydroxylation is 1. The molecule has 0 unspecified atom stereocenters. The van der Waals surface area contributed by atoms with Crippen molar-refractivity contribution in [2.45, 2.75) is 25.7 Å². The van der Waals surface area contributed by atoms with E-state index in [-0.39, 0.29) is 0 Å². The quantitative estimate of drug-likeness (QED) is 0.785. The topological polar surface area (TPSA) is 42.2 Å². The molecule has 3 rings (SSSR count). The molecule has 0 bridgehead atoms. The monoisotopic (exact) mass is 216 g/mol. The van der Waals surface area contributed by atoms with Crippen LogP contribution in [0.5, 0.6) is 0 Å². The van der Waals surface area contributed by atoms with Gasteiger partial charge in [0, 0.05) is 5.92 Å². The Hall–Kier alpha value is -1.42. The van der Waals surface area contributed by atoms with Crippen molar-refractivity contribution in [1.82, 2.24) is 19.9 Å². The molecule has 0 spiro atoms. The Kier molecular flexibility index (Phi) is 2.36. The lowest BCUT2D eigenvalue weighted by molar-refractivity contribution is 0.448. The summed E-state index contributed by atoms with van der Waals surface area (Å²) in [5, 5.41) is 7.93. The van der Waals surface area contributed by atoms with E-state index in [0.717, 1.165) is 24.4 Å². The van der Waals surface area contributed by atoms with Gasteiger partial charge in [0.05, 0.1) is 17.6 Å². The van der Waals surface area contributed by atoms with E-state index in [1.807, 2.05) is 29.8 Å². The van der Waals surface area contributed by atoms with Crippen LogP contribution in [-0.2, 0) is 0 Å². The summed E-state index contributed by atoms with van der Waals surface area (Å²) in [5.41, 5.74) is 3.26. The minimum atomic E-state index is 0.602. The molecule has 3 heterocycles. The van der Waals surface area contributed by atoms with Gasteiger partial charge in [-0.1, -0.05) is 0 Å². The van der Waals surface area contributed by atoms with E-state index in [1.165, 1.54) is 18.5 Å². The molecule has 2 aromatic rings. The maximum atomic E-state index is 4.54. The van der Waals surface area contributed by atoms with Crippen molar-refractivity contribution in [3.63, 3.8) is 0 Å². The standard InChI is InChI=1S/C12H16N4/c1-9-2-3-12-14-8-11(16(12)15-9)10-4-6-13-7-5-10/h2-3,8,10,13H,4-7H2,1H3. The summed E-state index contributed by atoms with van der Waals surface area (Å²) >= 11 is 0. The number of hydrogen-bond acceptors (Lipinski definition) is 3. The van der Waals surface area contributed by atoms with E-state index in [1.54, 1.807) is 0 Å². The second-order valence-electron chi connectivity index (χ2n) is 4.45. The second kappa shape index (κ2) is 3.87. The highest BCUT2D eigenvalue weighted by molar-refractivity contribution is 5.39. The van der Waals surface area contributed by atoms with Gasteiger partial charge < -0.3 is 5.32 Å². The van der Waals surface area contributed by atoms with E-state index in [2.05, 4.69) is 15.4 Å². The molecule has 0 aliphatic carbocycles. The van der Waals surface area contributed by atoms with Gasteiger partial charge in [-0.25, -0.2) is 9.50 Å². The molecule has 1 fully saturated rings. The molecule has 1 N–H and O–H groups in total. The molecule has 2 aromatic heterocycles. The minimum absolute atomic E-state index is 0.602. The Balaban J connectivity index is 2.05. The number of nitrogens with one attached hydrogen (secondary N) is 1. The van der Waals surface area contributed by atoms with Gasteiger partial charge in [-0.05, 0) is 45.0 Å². The number of piperidine rings is 1. The van der Waals surface area contributed by atoms with Gasteiger partial charge in [-0.15, -0.1) is 0 Å². The number of hydrogen-bond donors (Lipinski definition) is 1. The smallest absolute Gasteiger partial charge is 0.153 e. The maximum absolute atomic E-state index is 4.54. The normalized spacial score (nSPS) is 18.1. The lowest BCUT2D eigenvalue weighted by Crippen LogP contribution is -2.27. The van der Waals surface area contributed by atoms with Gasteiger partial charge in [0.25, 0.3) is 0 Å². The fourth-order valence-corrected chi connectivity index (χ4v) is 2.38. The summed E-state index contributed by atoms with van der Waals surface area (Å²) in [6, 6.07) is 4.04. The van der Waals surface area contributed by atoms with Crippen molar-refractivity contribution in [3.8, 4) is 0 Å². The Morgan fingerprint density at radius 3 is 2.94 bits per heavy atom. The van der Waals surface area contributed by atoms with Crippen molar-refractivity contribution in [1.29, 1.82) is 0 Å². The van der Waals surface area contributed by atoms with Gasteiger partial charge in [0.15, 0.2) is 5.65 Å². The van der Waals surface area contributed by atoms with E-state index in [0.29, 0.717) is 5.92 Å². The van der Waals surface area contributed by atoms with Crippen LogP contribution in [0.1, 0.15) is 30.1 Å². The summed E-state index contributed by atoms with van der Waals surface area (Å²) < 4.78 is 2.01. The molecule has 1 aliphatic rings. The zero-order chi connectivity index (χ0) is 11.0. The Morgan fingerprint density at radius 2 is 2.12 bits per heavy atom. The minimum Gasteiger partial charge on any atom is -0.317 e. The fourth-order valence-electron chi connectivity index (χ4n) is 2.38. The molecule has 0 radical (unpaired) electrons. The van der Waals surface area contributed by atoms with E-state index in [4.69, 9.17) is 0 Å². The molecule has 0 saturated carbocycles. The third-order valence-electron chi connectivity index (χ3n) is 3.28. The van der Waals surface area contributed by atoms with Crippen LogP contribution < -0.4 is 5.32 Å². The lowest BCUT2D eigenvalue weighted by atomic mass is 9.95. The maximum Gasteiger partial charge on any atom is 0.153 e. The van der Waals surface area contributed by atoms with Crippen molar-refractivity contribution < 1.29 is 0 Å². The molecule has 84 valence electrons. The number of imidazole rings is 1. The zero-order valence-corrected chi connectivity index (χ0v) is 9.48. The summed E-state index contributed by atoms with van der Waals surface area (Å²) in [4.78, 5) is 4.42. The van der Waals surface area contributed by atoms with Gasteiger partial charge in [0.1, 0.15) is 0 Å². The van der Waals surface area contributed by atoms with Crippen molar-refractivity contribution >= 4 is 5.65 Å². The van der Waals surface area contributed by atoms with Crippen molar-refractivity contribution in [3.05, 3.63) is 29.7 Å². The van der Waals surface area contributed by atoms with Crippen LogP contribution >= 0.6 is 0 Å². The van der Waals surface area contributed by atoms with E-state index >= 15 is 0 Å². The Labute approximate surface area is 94.7 Å². The average Bonchev–Trinajstić information content (AvgIpc) is 2.73. The SMILES string of the molecule is Cc1ccc2ncc(C3CCNCC3)n2n1. The molecule has 4 nitrogen and oxygen atoms in total. The molecule has 1 aliphatic heterocycles. The summed E-state index contributed by atoms with van der Waals surface area (Å²) in [5.74, 6) is 0.602. The largest absolute Gasteiger partial charge is 0.317 e. The molecule has 0 amide bonds. The number of fused-ring (bicyclic) bond motifs is 1. The molecule has 1 saturated heterocycles. The molecule has 16 heavy (non-hydrogen) atoms. The average molecular weight is 216 g/mol. The third kappa shape index (κ3) is 1.59. The van der Waals surface area contributed by atoms with Crippen LogP contribution in [0.3, 0.4) is 0 Å². The predicted octanol–water partition coefficient (Wildman–Crippen LogP) is 1.50. The summed E-state index contributed by atoms with van der Waals surface area (Å²) in [6.07, 6.45) is 4.35. The highest BCUT2D eigenvalue weighted by Crippen LogP contribution is 2.25. The number of aromatic nitrogens is 3. The van der Waals surface area contributed by atoms with Gasteiger partial charge >= 0.3 is 0 Å². The van der Waals surface area contributed by atoms with Gasteiger partial charge in [0.2, 0.25) is 0 Å². The Morgan fingerprint density at radius 1 is 1.31 bits per heavy atom. The van der Waals surface area contributed by atoms with Crippen LogP contribution in [0.4, 0.5) is 0 Å². The summed E-state index contributed by atoms with van der Waals surface area (Å²) in [7, 11) is 0. The van der Waals surface area contributed by atoms with Crippen LogP contribution in [0.2, 0.25) is 0 Å². The predicted molar refractivity (Wildman–Crippen MR) is 62.6 cm³/mol. The number of rotatable bonds is 1. The summed E-state index contributed by atoms with van der Waals surface area (Å²) in [6.45, 7) is 4.22. The van der Waals surface area contributed by atoms with E-state index < -0.39 is 0 Å². The second-order valence-corrected chi connectivity index (χ2v) is 4.45. The van der Waals surface area contributed by atoms with Crippen LogP contribution in [-0.4, -0.2) is 27.7 Å². The van der Waals surface area contributed by atoms with Crippen molar-refractivity contribution in [2.24, 2.45) is 0 Å². The molecule has 0 aromatic carbocycles. The molecule has 4 heteroatoms. The highest BCUT2D eigenvalue weighted by Gasteiger charge is 2.19. The van der Waals surface area contributed by atoms with Gasteiger partial charge in [-0.3, -0.25) is 0 Å². The first-order valence-corrected chi connectivity index (χ1v) is 5.86. The molecular weight excluding hydrogens is 200 g/mol. The van der Waals surface area contributed by atoms with Crippen molar-refractivity contribution in [2.75, 3.05) is 13.1 Å². The van der Waals surface area contributed by atoms with E-state index in [9.17, 15) is 0 Å².